The minimum absolute atomic E-state index is 0.309. The van der Waals surface area contributed by atoms with Gasteiger partial charge in [0, 0.05) is 18.0 Å². The summed E-state index contributed by atoms with van der Waals surface area (Å²) in [6.07, 6.45) is 4.06. The van der Waals surface area contributed by atoms with E-state index in [0.717, 1.165) is 17.2 Å². The van der Waals surface area contributed by atoms with E-state index in [0.29, 0.717) is 6.04 Å². The lowest BCUT2D eigenvalue weighted by Crippen LogP contribution is -2.45. The Labute approximate surface area is 107 Å². The minimum Gasteiger partial charge on any atom is -0.297 e. The average Bonchev–Trinajstić information content (AvgIpc) is 2.29. The quantitative estimate of drug-likeness (QED) is 0.619. The van der Waals surface area contributed by atoms with Crippen molar-refractivity contribution in [3.05, 3.63) is 18.6 Å². The lowest BCUT2D eigenvalue weighted by molar-refractivity contribution is 0.397. The fourth-order valence-electron chi connectivity index (χ4n) is 1.52. The number of rotatable bonds is 6. The Bertz CT molecular complexity index is 374. The maximum absolute atomic E-state index is 9.18. The van der Waals surface area contributed by atoms with Crippen LogP contribution < -0.4 is 5.32 Å². The molecule has 1 aromatic rings. The first-order chi connectivity index (χ1) is 8.06. The van der Waals surface area contributed by atoms with Crippen LogP contribution in [0.3, 0.4) is 0 Å². The van der Waals surface area contributed by atoms with Gasteiger partial charge in [0.15, 0.2) is 0 Å². The molecule has 1 rings (SSSR count). The van der Waals surface area contributed by atoms with Gasteiger partial charge in [0.25, 0.3) is 0 Å². The molecule has 17 heavy (non-hydrogen) atoms. The Kier molecular flexibility index (Phi) is 5.39. The second kappa shape index (κ2) is 6.58. The van der Waals surface area contributed by atoms with Crippen molar-refractivity contribution in [1.29, 1.82) is 5.26 Å². The Hall–Kier alpha value is -1.12. The van der Waals surface area contributed by atoms with E-state index in [1.807, 2.05) is 26.8 Å². The lowest BCUT2D eigenvalue weighted by Gasteiger charge is -2.25. The van der Waals surface area contributed by atoms with Crippen LogP contribution in [-0.4, -0.2) is 27.3 Å². The Morgan fingerprint density at radius 1 is 1.59 bits per heavy atom. The average molecular weight is 250 g/mol. The summed E-state index contributed by atoms with van der Waals surface area (Å²) in [5, 5.41) is 13.4. The topological polar surface area (TPSA) is 61.6 Å². The van der Waals surface area contributed by atoms with Gasteiger partial charge in [-0.25, -0.2) is 9.97 Å². The largest absolute Gasteiger partial charge is 0.297 e. The zero-order valence-electron chi connectivity index (χ0n) is 10.5. The number of nitrogens with one attached hydrogen (secondary N) is 1. The van der Waals surface area contributed by atoms with Crippen molar-refractivity contribution in [1.82, 2.24) is 15.3 Å². The summed E-state index contributed by atoms with van der Waals surface area (Å²) in [5.74, 6) is 0.862. The molecular weight excluding hydrogens is 232 g/mol. The molecule has 4 nitrogen and oxygen atoms in total. The molecular formula is C12H18N4S. The SMILES string of the molecule is CC(C)NC(C)(C#N)CCSc1ccncn1. The molecule has 0 radical (unpaired) electrons. The summed E-state index contributed by atoms with van der Waals surface area (Å²) in [5.41, 5.74) is -0.464. The fraction of sp³-hybridized carbons (Fsp3) is 0.583. The first kappa shape index (κ1) is 13.9. The van der Waals surface area contributed by atoms with Gasteiger partial charge in [0.1, 0.15) is 11.9 Å². The van der Waals surface area contributed by atoms with Crippen LogP contribution in [0.4, 0.5) is 0 Å². The predicted molar refractivity (Wildman–Crippen MR) is 69.7 cm³/mol. The monoisotopic (exact) mass is 250 g/mol. The summed E-state index contributed by atoms with van der Waals surface area (Å²) >= 11 is 1.65. The van der Waals surface area contributed by atoms with Crippen LogP contribution in [0.25, 0.3) is 0 Å². The molecule has 0 spiro atoms. The molecule has 1 aromatic heterocycles. The maximum atomic E-state index is 9.18. The van der Waals surface area contributed by atoms with Crippen molar-refractivity contribution in [2.45, 2.75) is 43.8 Å². The third kappa shape index (κ3) is 5.16. The summed E-state index contributed by atoms with van der Waals surface area (Å²) < 4.78 is 0. The predicted octanol–water partition coefficient (Wildman–Crippen LogP) is 2.24. The van der Waals surface area contributed by atoms with Gasteiger partial charge in [0.05, 0.1) is 11.1 Å². The van der Waals surface area contributed by atoms with Crippen LogP contribution in [0.15, 0.2) is 23.6 Å². The molecule has 1 unspecified atom stereocenters. The molecule has 0 fully saturated rings. The van der Waals surface area contributed by atoms with E-state index in [1.54, 1.807) is 18.0 Å². The molecule has 0 aliphatic carbocycles. The molecule has 92 valence electrons. The van der Waals surface area contributed by atoms with Gasteiger partial charge in [-0.05, 0) is 33.3 Å². The van der Waals surface area contributed by atoms with Crippen LogP contribution >= 0.6 is 11.8 Å². The smallest absolute Gasteiger partial charge is 0.116 e. The number of hydrogen-bond donors (Lipinski definition) is 1. The van der Waals surface area contributed by atoms with Crippen molar-refractivity contribution >= 4 is 11.8 Å². The highest BCUT2D eigenvalue weighted by atomic mass is 32.2. The Morgan fingerprint density at radius 2 is 2.35 bits per heavy atom. The maximum Gasteiger partial charge on any atom is 0.116 e. The molecule has 0 saturated heterocycles. The molecule has 0 aliphatic rings. The van der Waals surface area contributed by atoms with Crippen molar-refractivity contribution in [2.75, 3.05) is 5.75 Å². The van der Waals surface area contributed by atoms with E-state index in [4.69, 9.17) is 0 Å². The molecule has 1 N–H and O–H groups in total. The standard InChI is InChI=1S/C12H18N4S/c1-10(2)16-12(3,8-13)5-7-17-11-4-6-14-9-15-11/h4,6,9-10,16H,5,7H2,1-3H3. The van der Waals surface area contributed by atoms with Gasteiger partial charge in [-0.3, -0.25) is 5.32 Å². The van der Waals surface area contributed by atoms with E-state index in [-0.39, 0.29) is 0 Å². The first-order valence-electron chi connectivity index (χ1n) is 5.63. The van der Waals surface area contributed by atoms with E-state index in [1.165, 1.54) is 6.33 Å². The third-order valence-corrected chi connectivity index (χ3v) is 3.21. The third-order valence-electron chi connectivity index (χ3n) is 2.26. The van der Waals surface area contributed by atoms with Crippen molar-refractivity contribution in [2.24, 2.45) is 0 Å². The van der Waals surface area contributed by atoms with Crippen molar-refractivity contribution in [3.63, 3.8) is 0 Å². The number of nitrogens with zero attached hydrogens (tertiary/aromatic N) is 3. The highest BCUT2D eigenvalue weighted by Gasteiger charge is 2.23. The van der Waals surface area contributed by atoms with Crippen LogP contribution in [-0.2, 0) is 0 Å². The van der Waals surface area contributed by atoms with E-state index in [2.05, 4.69) is 21.4 Å². The zero-order chi connectivity index (χ0) is 12.7. The summed E-state index contributed by atoms with van der Waals surface area (Å²) in [6, 6.07) is 4.53. The van der Waals surface area contributed by atoms with Crippen molar-refractivity contribution in [3.8, 4) is 6.07 Å². The molecule has 0 amide bonds. The van der Waals surface area contributed by atoms with E-state index >= 15 is 0 Å². The lowest BCUT2D eigenvalue weighted by atomic mass is 10.0. The normalized spacial score (nSPS) is 14.3. The molecule has 0 aliphatic heterocycles. The van der Waals surface area contributed by atoms with Gasteiger partial charge >= 0.3 is 0 Å². The minimum atomic E-state index is -0.464. The Balaban J connectivity index is 2.41. The van der Waals surface area contributed by atoms with Crippen LogP contribution in [0.2, 0.25) is 0 Å². The van der Waals surface area contributed by atoms with Crippen molar-refractivity contribution < 1.29 is 0 Å². The van der Waals surface area contributed by atoms with Crippen LogP contribution in [0.5, 0.6) is 0 Å². The Morgan fingerprint density at radius 3 is 2.88 bits per heavy atom. The summed E-state index contributed by atoms with van der Waals surface area (Å²) in [4.78, 5) is 8.00. The first-order valence-corrected chi connectivity index (χ1v) is 6.62. The van der Waals surface area contributed by atoms with E-state index < -0.39 is 5.54 Å². The molecule has 0 bridgehead atoms. The van der Waals surface area contributed by atoms with Gasteiger partial charge in [-0.15, -0.1) is 11.8 Å². The number of nitriles is 1. The zero-order valence-corrected chi connectivity index (χ0v) is 11.3. The van der Waals surface area contributed by atoms with Crippen LogP contribution in [0, 0.1) is 11.3 Å². The van der Waals surface area contributed by atoms with Gasteiger partial charge < -0.3 is 0 Å². The number of hydrogen-bond acceptors (Lipinski definition) is 5. The number of aromatic nitrogens is 2. The van der Waals surface area contributed by atoms with Gasteiger partial charge in [-0.2, -0.15) is 5.26 Å². The molecule has 1 atom stereocenters. The second-order valence-electron chi connectivity index (χ2n) is 4.39. The summed E-state index contributed by atoms with van der Waals surface area (Å²) in [6.45, 7) is 6.04. The summed E-state index contributed by atoms with van der Waals surface area (Å²) in [7, 11) is 0. The second-order valence-corrected chi connectivity index (χ2v) is 5.50. The molecule has 5 heteroatoms. The number of thioether (sulfide) groups is 1. The highest BCUT2D eigenvalue weighted by Crippen LogP contribution is 2.19. The fourth-order valence-corrected chi connectivity index (χ4v) is 2.52. The molecule has 0 saturated carbocycles. The molecule has 0 aromatic carbocycles. The van der Waals surface area contributed by atoms with Gasteiger partial charge in [-0.1, -0.05) is 0 Å². The molecule has 1 heterocycles. The van der Waals surface area contributed by atoms with Gasteiger partial charge in [0.2, 0.25) is 0 Å². The van der Waals surface area contributed by atoms with E-state index in [9.17, 15) is 5.26 Å². The van der Waals surface area contributed by atoms with Crippen LogP contribution in [0.1, 0.15) is 27.2 Å². The highest BCUT2D eigenvalue weighted by molar-refractivity contribution is 7.99.